The zero-order valence-corrected chi connectivity index (χ0v) is 11.8. The summed E-state index contributed by atoms with van der Waals surface area (Å²) in [6.45, 7) is 9.32. The molecule has 2 heterocycles. The summed E-state index contributed by atoms with van der Waals surface area (Å²) in [7, 11) is -0.803. The molecule has 2 rings (SSSR count). The van der Waals surface area contributed by atoms with Gasteiger partial charge in [-0.25, -0.2) is 8.78 Å². The maximum atomic E-state index is 13.1. The molecule has 1 aliphatic heterocycles. The minimum Gasteiger partial charge on any atom is -0.399 e. The number of hydrogen-bond donors (Lipinski definition) is 0. The van der Waals surface area contributed by atoms with E-state index < -0.39 is 24.7 Å². The van der Waals surface area contributed by atoms with Crippen molar-refractivity contribution in [2.75, 3.05) is 0 Å². The Labute approximate surface area is 112 Å². The fraction of sp³-hybridized carbons (Fsp3) is 0.615. The van der Waals surface area contributed by atoms with Crippen molar-refractivity contribution in [3.05, 3.63) is 23.5 Å². The molecule has 1 aromatic rings. The van der Waals surface area contributed by atoms with Crippen LogP contribution in [0.5, 0.6) is 0 Å². The second-order valence-electron chi connectivity index (χ2n) is 5.82. The van der Waals surface area contributed by atoms with Crippen molar-refractivity contribution < 1.29 is 18.1 Å². The number of nitrogens with zero attached hydrogens (tertiary/aromatic N) is 1. The Morgan fingerprint density at radius 2 is 1.68 bits per heavy atom. The van der Waals surface area contributed by atoms with Crippen LogP contribution in [0.25, 0.3) is 0 Å². The standard InChI is InChI=1S/C13H18BF2NO2/c1-8-6-7-17-10(11(15)16)9(8)14-18-12(2,3)13(4,5)19-14/h6-7,11H,1-5H3. The van der Waals surface area contributed by atoms with Gasteiger partial charge in [-0.15, -0.1) is 0 Å². The van der Waals surface area contributed by atoms with Gasteiger partial charge in [-0.05, 0) is 46.2 Å². The first-order valence-electron chi connectivity index (χ1n) is 6.25. The Kier molecular flexibility index (Phi) is 3.43. The van der Waals surface area contributed by atoms with Crippen LogP contribution in [-0.4, -0.2) is 23.3 Å². The molecular weight excluding hydrogens is 251 g/mol. The maximum absolute atomic E-state index is 13.1. The highest BCUT2D eigenvalue weighted by atomic mass is 19.3. The molecule has 0 radical (unpaired) electrons. The molecule has 3 nitrogen and oxygen atoms in total. The molecule has 1 saturated heterocycles. The smallest absolute Gasteiger partial charge is 0.399 e. The number of halogens is 2. The third kappa shape index (κ3) is 2.39. The third-order valence-electron chi connectivity index (χ3n) is 3.93. The Balaban J connectivity index is 2.45. The molecule has 0 saturated carbocycles. The zero-order chi connectivity index (χ0) is 14.4. The van der Waals surface area contributed by atoms with E-state index in [-0.39, 0.29) is 5.69 Å². The Morgan fingerprint density at radius 3 is 2.16 bits per heavy atom. The van der Waals surface area contributed by atoms with Gasteiger partial charge in [0, 0.05) is 11.7 Å². The van der Waals surface area contributed by atoms with Gasteiger partial charge in [0.15, 0.2) is 0 Å². The molecule has 0 aliphatic carbocycles. The monoisotopic (exact) mass is 269 g/mol. The van der Waals surface area contributed by atoms with Gasteiger partial charge in [-0.1, -0.05) is 0 Å². The Bertz CT molecular complexity index is 476. The van der Waals surface area contributed by atoms with E-state index in [0.717, 1.165) is 0 Å². The van der Waals surface area contributed by atoms with E-state index in [1.54, 1.807) is 13.0 Å². The summed E-state index contributed by atoms with van der Waals surface area (Å²) in [5.41, 5.74) is -0.336. The molecule has 1 aliphatic rings. The molecule has 1 fully saturated rings. The average Bonchev–Trinajstić information content (AvgIpc) is 2.47. The molecule has 0 N–H and O–H groups in total. The van der Waals surface area contributed by atoms with Crippen LogP contribution in [0.2, 0.25) is 0 Å². The molecule has 0 atom stereocenters. The highest BCUT2D eigenvalue weighted by Gasteiger charge is 2.53. The van der Waals surface area contributed by atoms with E-state index in [4.69, 9.17) is 9.31 Å². The van der Waals surface area contributed by atoms with Gasteiger partial charge in [-0.2, -0.15) is 0 Å². The van der Waals surface area contributed by atoms with Crippen LogP contribution in [0.4, 0.5) is 8.78 Å². The Hall–Kier alpha value is -1.01. The van der Waals surface area contributed by atoms with E-state index in [1.165, 1.54) is 6.20 Å². The van der Waals surface area contributed by atoms with E-state index in [0.29, 0.717) is 11.0 Å². The van der Waals surface area contributed by atoms with E-state index in [9.17, 15) is 8.78 Å². The van der Waals surface area contributed by atoms with Crippen LogP contribution in [-0.2, 0) is 9.31 Å². The first-order chi connectivity index (χ1) is 8.66. The van der Waals surface area contributed by atoms with Crippen LogP contribution < -0.4 is 5.46 Å². The number of rotatable bonds is 2. The first-order valence-corrected chi connectivity index (χ1v) is 6.25. The second-order valence-corrected chi connectivity index (χ2v) is 5.82. The van der Waals surface area contributed by atoms with Crippen molar-refractivity contribution in [3.8, 4) is 0 Å². The summed E-state index contributed by atoms with van der Waals surface area (Å²) in [5, 5.41) is 0. The minimum atomic E-state index is -2.64. The lowest BCUT2D eigenvalue weighted by molar-refractivity contribution is 0.00578. The molecule has 0 spiro atoms. The summed E-state index contributed by atoms with van der Waals surface area (Å²) < 4.78 is 37.8. The summed E-state index contributed by atoms with van der Waals surface area (Å²) in [4.78, 5) is 3.77. The van der Waals surface area contributed by atoms with Crippen LogP contribution in [0.3, 0.4) is 0 Å². The van der Waals surface area contributed by atoms with E-state index in [2.05, 4.69) is 4.98 Å². The molecule has 0 aromatic carbocycles. The SMILES string of the molecule is Cc1ccnc(C(F)F)c1B1OC(C)(C)C(C)(C)O1. The number of hydrogen-bond acceptors (Lipinski definition) is 3. The number of pyridine rings is 1. The number of alkyl halides is 2. The predicted molar refractivity (Wildman–Crippen MR) is 69.6 cm³/mol. The largest absolute Gasteiger partial charge is 0.497 e. The van der Waals surface area contributed by atoms with Gasteiger partial charge < -0.3 is 9.31 Å². The van der Waals surface area contributed by atoms with Crippen LogP contribution in [0.15, 0.2) is 12.3 Å². The fourth-order valence-corrected chi connectivity index (χ4v) is 2.03. The molecule has 104 valence electrons. The second kappa shape index (κ2) is 4.53. The molecule has 1 aromatic heterocycles. The lowest BCUT2D eigenvalue weighted by Crippen LogP contribution is -2.41. The molecule has 19 heavy (non-hydrogen) atoms. The number of aromatic nitrogens is 1. The summed E-state index contributed by atoms with van der Waals surface area (Å²) in [5.74, 6) is 0. The van der Waals surface area contributed by atoms with Gasteiger partial charge in [0.1, 0.15) is 5.69 Å². The summed E-state index contributed by atoms with van der Waals surface area (Å²) in [6.07, 6.45) is -1.26. The van der Waals surface area contributed by atoms with Crippen molar-refractivity contribution in [1.29, 1.82) is 0 Å². The molecule has 0 amide bonds. The van der Waals surface area contributed by atoms with Gasteiger partial charge in [0.2, 0.25) is 0 Å². The fourth-order valence-electron chi connectivity index (χ4n) is 2.03. The lowest BCUT2D eigenvalue weighted by atomic mass is 9.75. The molecular formula is C13H18BF2NO2. The van der Waals surface area contributed by atoms with E-state index in [1.807, 2.05) is 27.7 Å². The van der Waals surface area contributed by atoms with Crippen molar-refractivity contribution in [2.24, 2.45) is 0 Å². The highest BCUT2D eigenvalue weighted by molar-refractivity contribution is 6.63. The molecule has 0 unspecified atom stereocenters. The topological polar surface area (TPSA) is 31.4 Å². The van der Waals surface area contributed by atoms with Crippen molar-refractivity contribution in [2.45, 2.75) is 52.2 Å². The van der Waals surface area contributed by atoms with Crippen LogP contribution in [0.1, 0.15) is 45.4 Å². The van der Waals surface area contributed by atoms with Crippen molar-refractivity contribution >= 4 is 12.6 Å². The quantitative estimate of drug-likeness (QED) is 0.773. The Morgan fingerprint density at radius 1 is 1.16 bits per heavy atom. The summed E-state index contributed by atoms with van der Waals surface area (Å²) in [6, 6.07) is 1.69. The predicted octanol–water partition coefficient (Wildman–Crippen LogP) is 2.63. The van der Waals surface area contributed by atoms with Crippen molar-refractivity contribution in [3.63, 3.8) is 0 Å². The minimum absolute atomic E-state index is 0.265. The first kappa shape index (κ1) is 14.4. The lowest BCUT2D eigenvalue weighted by Gasteiger charge is -2.32. The van der Waals surface area contributed by atoms with Gasteiger partial charge >= 0.3 is 7.12 Å². The van der Waals surface area contributed by atoms with Gasteiger partial charge in [0.25, 0.3) is 6.43 Å². The summed E-state index contributed by atoms with van der Waals surface area (Å²) >= 11 is 0. The van der Waals surface area contributed by atoms with E-state index >= 15 is 0 Å². The molecule has 6 heteroatoms. The van der Waals surface area contributed by atoms with Crippen LogP contribution in [0, 0.1) is 6.92 Å². The number of aryl methyl sites for hydroxylation is 1. The zero-order valence-electron chi connectivity index (χ0n) is 11.8. The van der Waals surface area contributed by atoms with Crippen LogP contribution >= 0.6 is 0 Å². The van der Waals surface area contributed by atoms with Gasteiger partial charge in [0.05, 0.1) is 11.2 Å². The van der Waals surface area contributed by atoms with Crippen molar-refractivity contribution in [1.82, 2.24) is 4.98 Å². The normalized spacial score (nSPS) is 21.2. The maximum Gasteiger partial charge on any atom is 0.497 e. The highest BCUT2D eigenvalue weighted by Crippen LogP contribution is 2.37. The third-order valence-corrected chi connectivity index (χ3v) is 3.93. The average molecular weight is 269 g/mol. The molecule has 0 bridgehead atoms. The van der Waals surface area contributed by atoms with Gasteiger partial charge in [-0.3, -0.25) is 4.98 Å².